The molecule has 7 heteroatoms. The van der Waals surface area contributed by atoms with E-state index in [4.69, 9.17) is 16.3 Å². The summed E-state index contributed by atoms with van der Waals surface area (Å²) in [6.07, 6.45) is 3.21. The first-order chi connectivity index (χ1) is 9.15. The van der Waals surface area contributed by atoms with Gasteiger partial charge in [-0.1, -0.05) is 0 Å². The van der Waals surface area contributed by atoms with Crippen LogP contribution in [0.2, 0.25) is 0 Å². The van der Waals surface area contributed by atoms with Crippen LogP contribution in [0.25, 0.3) is 11.5 Å². The minimum atomic E-state index is -0.467. The van der Waals surface area contributed by atoms with Crippen molar-refractivity contribution in [3.63, 3.8) is 0 Å². The van der Waals surface area contributed by atoms with Crippen LogP contribution in [0, 0.1) is 0 Å². The fourth-order valence-corrected chi connectivity index (χ4v) is 1.76. The number of hydrogen-bond acceptors (Lipinski definition) is 5. The molecule has 0 saturated carbocycles. The van der Waals surface area contributed by atoms with Crippen molar-refractivity contribution < 1.29 is 9.53 Å². The maximum atomic E-state index is 11.7. The van der Waals surface area contributed by atoms with Crippen molar-refractivity contribution in [3.8, 4) is 11.5 Å². The van der Waals surface area contributed by atoms with Crippen LogP contribution in [0.5, 0.6) is 0 Å². The minimum absolute atomic E-state index is 0.108. The van der Waals surface area contributed by atoms with Crippen LogP contribution in [-0.4, -0.2) is 32.3 Å². The first-order valence-electron chi connectivity index (χ1n) is 5.74. The van der Waals surface area contributed by atoms with Gasteiger partial charge in [-0.05, 0) is 13.0 Å². The molecule has 0 fully saturated rings. The maximum absolute atomic E-state index is 11.7. The normalized spacial score (nSPS) is 10.5. The zero-order chi connectivity index (χ0) is 13.8. The highest BCUT2D eigenvalue weighted by molar-refractivity contribution is 6.17. The predicted molar refractivity (Wildman–Crippen MR) is 69.7 cm³/mol. The molecular formula is C12H13ClN4O2. The fraction of sp³-hybridized carbons (Fsp3) is 0.333. The molecule has 0 N–H and O–H groups in total. The van der Waals surface area contributed by atoms with Crippen molar-refractivity contribution >= 4 is 17.6 Å². The number of aryl methyl sites for hydroxylation is 1. The van der Waals surface area contributed by atoms with Crippen molar-refractivity contribution in [2.75, 3.05) is 6.61 Å². The van der Waals surface area contributed by atoms with E-state index in [0.717, 1.165) is 0 Å². The van der Waals surface area contributed by atoms with Crippen LogP contribution in [0.1, 0.15) is 23.0 Å². The summed E-state index contributed by atoms with van der Waals surface area (Å²) in [4.78, 5) is 20.1. The molecule has 0 unspecified atom stereocenters. The zero-order valence-electron chi connectivity index (χ0n) is 10.6. The Kier molecular flexibility index (Phi) is 4.11. The predicted octanol–water partition coefficient (Wildman–Crippen LogP) is 1.79. The largest absolute Gasteiger partial charge is 0.462 e. The molecule has 2 heterocycles. The molecule has 6 nitrogen and oxygen atoms in total. The van der Waals surface area contributed by atoms with Gasteiger partial charge in [0.15, 0.2) is 5.82 Å². The SMILES string of the molecule is CCOC(=O)c1cnc(-c2ccn(C)n2)nc1CCl. The molecule has 19 heavy (non-hydrogen) atoms. The first kappa shape index (κ1) is 13.5. The topological polar surface area (TPSA) is 69.9 Å². The number of nitrogens with zero attached hydrogens (tertiary/aromatic N) is 4. The summed E-state index contributed by atoms with van der Waals surface area (Å²) in [5.41, 5.74) is 1.36. The van der Waals surface area contributed by atoms with Crippen molar-refractivity contribution in [3.05, 3.63) is 29.7 Å². The molecule has 0 aliphatic heterocycles. The lowest BCUT2D eigenvalue weighted by molar-refractivity contribution is 0.0524. The molecule has 0 aromatic carbocycles. The number of rotatable bonds is 4. The molecule has 0 bridgehead atoms. The molecule has 0 aliphatic rings. The highest BCUT2D eigenvalue weighted by Crippen LogP contribution is 2.16. The van der Waals surface area contributed by atoms with E-state index in [2.05, 4.69) is 15.1 Å². The van der Waals surface area contributed by atoms with E-state index in [-0.39, 0.29) is 11.4 Å². The van der Waals surface area contributed by atoms with E-state index >= 15 is 0 Å². The third kappa shape index (κ3) is 2.90. The molecule has 2 rings (SSSR count). The zero-order valence-corrected chi connectivity index (χ0v) is 11.4. The Hall–Kier alpha value is -1.95. The molecule has 2 aromatic rings. The monoisotopic (exact) mass is 280 g/mol. The number of carbonyl (C=O) groups is 1. The highest BCUT2D eigenvalue weighted by atomic mass is 35.5. The molecule has 2 aromatic heterocycles. The quantitative estimate of drug-likeness (QED) is 0.631. The number of hydrogen-bond donors (Lipinski definition) is 0. The standard InChI is InChI=1S/C12H13ClN4O2/c1-3-19-12(18)8-7-14-11(15-10(8)6-13)9-4-5-17(2)16-9/h4-5,7H,3,6H2,1-2H3. The van der Waals surface area contributed by atoms with Gasteiger partial charge in [0.1, 0.15) is 11.3 Å². The van der Waals surface area contributed by atoms with Gasteiger partial charge in [-0.2, -0.15) is 5.10 Å². The Morgan fingerprint density at radius 1 is 1.53 bits per heavy atom. The Labute approximate surface area is 115 Å². The van der Waals surface area contributed by atoms with Gasteiger partial charge >= 0.3 is 5.97 Å². The van der Waals surface area contributed by atoms with Gasteiger partial charge in [0, 0.05) is 19.4 Å². The van der Waals surface area contributed by atoms with Gasteiger partial charge in [0.25, 0.3) is 0 Å². The molecule has 100 valence electrons. The average Bonchev–Trinajstić information content (AvgIpc) is 2.85. The van der Waals surface area contributed by atoms with E-state index in [1.54, 1.807) is 30.9 Å². The Bertz CT molecular complexity index is 597. The lowest BCUT2D eigenvalue weighted by atomic mass is 10.2. The van der Waals surface area contributed by atoms with Crippen molar-refractivity contribution in [2.24, 2.45) is 7.05 Å². The first-order valence-corrected chi connectivity index (χ1v) is 6.28. The lowest BCUT2D eigenvalue weighted by Gasteiger charge is -2.06. The summed E-state index contributed by atoms with van der Waals surface area (Å²) in [5.74, 6) is 0.0753. The van der Waals surface area contributed by atoms with Gasteiger partial charge in [-0.3, -0.25) is 4.68 Å². The average molecular weight is 281 g/mol. The molecule has 0 saturated heterocycles. The van der Waals surface area contributed by atoms with Crippen LogP contribution >= 0.6 is 11.6 Å². The van der Waals surface area contributed by atoms with Gasteiger partial charge < -0.3 is 4.74 Å². The fourth-order valence-electron chi connectivity index (χ4n) is 1.56. The van der Waals surface area contributed by atoms with Gasteiger partial charge in [0.2, 0.25) is 0 Å². The number of aromatic nitrogens is 4. The number of halogens is 1. The Morgan fingerprint density at radius 3 is 2.89 bits per heavy atom. The van der Waals surface area contributed by atoms with E-state index in [9.17, 15) is 4.79 Å². The Morgan fingerprint density at radius 2 is 2.32 bits per heavy atom. The number of ether oxygens (including phenoxy) is 1. The summed E-state index contributed by atoms with van der Waals surface area (Å²) in [6, 6.07) is 1.79. The molecule has 0 spiro atoms. The third-order valence-electron chi connectivity index (χ3n) is 2.43. The summed E-state index contributed by atoms with van der Waals surface area (Å²) in [5, 5.41) is 4.20. The van der Waals surface area contributed by atoms with E-state index in [1.165, 1.54) is 6.20 Å². The summed E-state index contributed by atoms with van der Waals surface area (Å²) < 4.78 is 6.57. The van der Waals surface area contributed by atoms with Crippen molar-refractivity contribution in [1.29, 1.82) is 0 Å². The minimum Gasteiger partial charge on any atom is -0.462 e. The van der Waals surface area contributed by atoms with Gasteiger partial charge in [0.05, 0.1) is 18.2 Å². The van der Waals surface area contributed by atoms with Crippen LogP contribution in [0.4, 0.5) is 0 Å². The number of carbonyl (C=O) groups excluding carboxylic acids is 1. The van der Waals surface area contributed by atoms with E-state index < -0.39 is 5.97 Å². The van der Waals surface area contributed by atoms with Crippen LogP contribution in [0.15, 0.2) is 18.5 Å². The highest BCUT2D eigenvalue weighted by Gasteiger charge is 2.16. The molecule has 0 amide bonds. The molecule has 0 atom stereocenters. The smallest absolute Gasteiger partial charge is 0.341 e. The molecular weight excluding hydrogens is 268 g/mol. The van der Waals surface area contributed by atoms with Gasteiger partial charge in [-0.25, -0.2) is 14.8 Å². The number of alkyl halides is 1. The van der Waals surface area contributed by atoms with Crippen LogP contribution in [0.3, 0.4) is 0 Å². The van der Waals surface area contributed by atoms with Crippen LogP contribution < -0.4 is 0 Å². The molecule has 0 radical (unpaired) electrons. The second-order valence-corrected chi connectivity index (χ2v) is 4.05. The third-order valence-corrected chi connectivity index (χ3v) is 2.69. The summed E-state index contributed by atoms with van der Waals surface area (Å²) >= 11 is 5.82. The van der Waals surface area contributed by atoms with E-state index in [0.29, 0.717) is 23.8 Å². The summed E-state index contributed by atoms with van der Waals surface area (Å²) in [6.45, 7) is 2.03. The maximum Gasteiger partial charge on any atom is 0.341 e. The van der Waals surface area contributed by atoms with Crippen molar-refractivity contribution in [2.45, 2.75) is 12.8 Å². The second kappa shape index (κ2) is 5.79. The van der Waals surface area contributed by atoms with Crippen LogP contribution in [-0.2, 0) is 17.7 Å². The lowest BCUT2D eigenvalue weighted by Crippen LogP contribution is -2.10. The summed E-state index contributed by atoms with van der Waals surface area (Å²) in [7, 11) is 1.80. The second-order valence-electron chi connectivity index (χ2n) is 3.78. The van der Waals surface area contributed by atoms with Crippen molar-refractivity contribution in [1.82, 2.24) is 19.7 Å². The van der Waals surface area contributed by atoms with Gasteiger partial charge in [-0.15, -0.1) is 11.6 Å². The van der Waals surface area contributed by atoms with E-state index in [1.807, 2.05) is 0 Å². The Balaban J connectivity index is 2.38. The number of esters is 1. The molecule has 0 aliphatic carbocycles.